The summed E-state index contributed by atoms with van der Waals surface area (Å²) in [5, 5.41) is 8.71. The van der Waals surface area contributed by atoms with Gasteiger partial charge in [0.1, 0.15) is 22.9 Å². The van der Waals surface area contributed by atoms with Gasteiger partial charge in [0.25, 0.3) is 0 Å². The summed E-state index contributed by atoms with van der Waals surface area (Å²) in [6.45, 7) is 3.78. The normalized spacial score (nSPS) is 15.8. The molecule has 0 saturated heterocycles. The Morgan fingerprint density at radius 3 is 1.36 bits per heavy atom. The van der Waals surface area contributed by atoms with Gasteiger partial charge in [-0.2, -0.15) is 0 Å². The van der Waals surface area contributed by atoms with Crippen LogP contribution in [0.2, 0.25) is 13.1 Å². The van der Waals surface area contributed by atoms with Crippen LogP contribution in [0.3, 0.4) is 0 Å². The summed E-state index contributed by atoms with van der Waals surface area (Å²) in [4.78, 5) is 0. The second kappa shape index (κ2) is 6.98. The van der Waals surface area contributed by atoms with E-state index < -0.39 is 8.56 Å². The number of benzene rings is 2. The summed E-state index contributed by atoms with van der Waals surface area (Å²) in [6, 6.07) is 15.2. The van der Waals surface area contributed by atoms with Crippen molar-refractivity contribution >= 4 is 20.0 Å². The first-order valence-electron chi connectivity index (χ1n) is 7.84. The van der Waals surface area contributed by atoms with E-state index in [2.05, 4.69) is 10.3 Å². The minimum Gasteiger partial charge on any atom is -0.497 e. The zero-order valence-electron chi connectivity index (χ0n) is 14.6. The fourth-order valence-electron chi connectivity index (χ4n) is 2.29. The summed E-state index contributed by atoms with van der Waals surface area (Å²) in [6.07, 6.45) is 0. The molecule has 0 radical (unpaired) electrons. The van der Waals surface area contributed by atoms with E-state index in [0.717, 1.165) is 22.6 Å². The Kier molecular flexibility index (Phi) is 4.76. The third-order valence-electron chi connectivity index (χ3n) is 3.66. The molecule has 0 aromatic heterocycles. The lowest BCUT2D eigenvalue weighted by atomic mass is 10.00. The molecule has 0 N–H and O–H groups in total. The second-order valence-corrected chi connectivity index (χ2v) is 9.08. The highest BCUT2D eigenvalue weighted by atomic mass is 28.4. The Hall–Kier alpha value is -2.80. The smallest absolute Gasteiger partial charge is 0.497 e. The predicted octanol–water partition coefficient (Wildman–Crippen LogP) is 3.56. The standard InChI is InChI=1S/C18H20N2O4Si/c1-21-15-9-5-13(6-10-15)17-18(20-24-25(3,4)23-19-17)14-7-11-16(22-2)12-8-14/h5-12H,1-4H3. The first-order chi connectivity index (χ1) is 12.0. The van der Waals surface area contributed by atoms with Gasteiger partial charge >= 0.3 is 8.56 Å². The first-order valence-corrected chi connectivity index (χ1v) is 10.7. The zero-order valence-corrected chi connectivity index (χ0v) is 15.6. The number of hydrogen-bond acceptors (Lipinski definition) is 6. The van der Waals surface area contributed by atoms with Gasteiger partial charge < -0.3 is 18.5 Å². The molecular formula is C18H20N2O4Si. The Morgan fingerprint density at radius 1 is 0.680 bits per heavy atom. The Labute approximate surface area is 147 Å². The average molecular weight is 356 g/mol. The highest BCUT2D eigenvalue weighted by Gasteiger charge is 2.33. The van der Waals surface area contributed by atoms with Crippen LogP contribution in [0.4, 0.5) is 0 Å². The largest absolute Gasteiger partial charge is 0.503 e. The van der Waals surface area contributed by atoms with E-state index in [1.165, 1.54) is 0 Å². The van der Waals surface area contributed by atoms with Gasteiger partial charge in [-0.05, 0) is 48.5 Å². The van der Waals surface area contributed by atoms with Crippen LogP contribution in [0, 0.1) is 0 Å². The summed E-state index contributed by atoms with van der Waals surface area (Å²) in [5.74, 6) is 1.54. The van der Waals surface area contributed by atoms with E-state index in [1.54, 1.807) is 14.2 Å². The topological polar surface area (TPSA) is 61.6 Å². The molecule has 2 aromatic rings. The van der Waals surface area contributed by atoms with Crippen LogP contribution in [0.25, 0.3) is 0 Å². The Balaban J connectivity index is 2.04. The van der Waals surface area contributed by atoms with E-state index in [4.69, 9.17) is 18.5 Å². The fraction of sp³-hybridized carbons (Fsp3) is 0.222. The molecule has 0 amide bonds. The van der Waals surface area contributed by atoms with E-state index in [0.29, 0.717) is 11.4 Å². The molecule has 1 aliphatic rings. The SMILES string of the molecule is COc1ccc(C2=NO[Si](C)(C)ON=C2c2ccc(OC)cc2)cc1. The van der Waals surface area contributed by atoms with Crippen LogP contribution in [0.1, 0.15) is 11.1 Å². The number of nitrogens with zero attached hydrogens (tertiary/aromatic N) is 2. The van der Waals surface area contributed by atoms with Gasteiger partial charge in [0.15, 0.2) is 0 Å². The van der Waals surface area contributed by atoms with Gasteiger partial charge in [-0.1, -0.05) is 10.3 Å². The maximum atomic E-state index is 5.64. The van der Waals surface area contributed by atoms with Crippen molar-refractivity contribution in [1.29, 1.82) is 0 Å². The lowest BCUT2D eigenvalue weighted by molar-refractivity contribution is 0.198. The van der Waals surface area contributed by atoms with Crippen LogP contribution in [-0.4, -0.2) is 34.2 Å². The van der Waals surface area contributed by atoms with Gasteiger partial charge in [0.05, 0.1) is 14.2 Å². The lowest BCUT2D eigenvalue weighted by Crippen LogP contribution is -2.29. The van der Waals surface area contributed by atoms with Gasteiger partial charge in [-0.3, -0.25) is 0 Å². The van der Waals surface area contributed by atoms with E-state index in [1.807, 2.05) is 61.6 Å². The predicted molar refractivity (Wildman–Crippen MR) is 98.7 cm³/mol. The fourth-order valence-corrected chi connectivity index (χ4v) is 2.95. The maximum Gasteiger partial charge on any atom is 0.503 e. The van der Waals surface area contributed by atoms with Gasteiger partial charge in [0.2, 0.25) is 0 Å². The maximum absolute atomic E-state index is 5.64. The average Bonchev–Trinajstić information content (AvgIpc) is 2.80. The third-order valence-corrected chi connectivity index (χ3v) is 4.73. The molecule has 6 nitrogen and oxygen atoms in total. The van der Waals surface area contributed by atoms with E-state index in [-0.39, 0.29) is 0 Å². The van der Waals surface area contributed by atoms with Crippen LogP contribution >= 0.6 is 0 Å². The number of rotatable bonds is 4. The molecule has 2 aromatic carbocycles. The molecule has 0 spiro atoms. The van der Waals surface area contributed by atoms with Crippen LogP contribution in [-0.2, 0) is 9.05 Å². The van der Waals surface area contributed by atoms with Crippen molar-refractivity contribution in [3.05, 3.63) is 59.7 Å². The van der Waals surface area contributed by atoms with E-state index in [9.17, 15) is 0 Å². The molecule has 0 atom stereocenters. The molecule has 0 saturated carbocycles. The number of methoxy groups -OCH3 is 2. The summed E-state index contributed by atoms with van der Waals surface area (Å²) in [5.41, 5.74) is 2.97. The van der Waals surface area contributed by atoms with Crippen molar-refractivity contribution < 1.29 is 18.5 Å². The summed E-state index contributed by atoms with van der Waals surface area (Å²) < 4.78 is 21.7. The van der Waals surface area contributed by atoms with E-state index >= 15 is 0 Å². The van der Waals surface area contributed by atoms with Gasteiger partial charge in [-0.15, -0.1) is 0 Å². The number of oxime groups is 2. The first kappa shape index (κ1) is 17.0. The molecular weight excluding hydrogens is 336 g/mol. The monoisotopic (exact) mass is 356 g/mol. The quantitative estimate of drug-likeness (QED) is 0.786. The Morgan fingerprint density at radius 2 is 1.04 bits per heavy atom. The van der Waals surface area contributed by atoms with Crippen molar-refractivity contribution in [3.8, 4) is 11.5 Å². The summed E-state index contributed by atoms with van der Waals surface area (Å²) in [7, 11) is 0.815. The molecule has 0 fully saturated rings. The Bertz CT molecular complexity index is 731. The molecule has 0 bridgehead atoms. The highest BCUT2D eigenvalue weighted by molar-refractivity contribution is 6.65. The molecule has 7 heteroatoms. The number of hydrogen-bond donors (Lipinski definition) is 0. The van der Waals surface area contributed by atoms with Crippen LogP contribution in [0.5, 0.6) is 11.5 Å². The zero-order chi connectivity index (χ0) is 17.9. The molecule has 0 aliphatic carbocycles. The molecule has 1 aliphatic heterocycles. The molecule has 0 unspecified atom stereocenters. The number of ether oxygens (including phenoxy) is 2. The van der Waals surface area contributed by atoms with Crippen LogP contribution < -0.4 is 9.47 Å². The van der Waals surface area contributed by atoms with Crippen molar-refractivity contribution in [3.63, 3.8) is 0 Å². The minimum atomic E-state index is -2.45. The van der Waals surface area contributed by atoms with Gasteiger partial charge in [-0.25, -0.2) is 0 Å². The molecule has 1 heterocycles. The van der Waals surface area contributed by atoms with Gasteiger partial charge in [0, 0.05) is 24.2 Å². The lowest BCUT2D eigenvalue weighted by Gasteiger charge is -2.13. The highest BCUT2D eigenvalue weighted by Crippen LogP contribution is 2.21. The molecule has 3 rings (SSSR count). The van der Waals surface area contributed by atoms with Crippen molar-refractivity contribution in [2.45, 2.75) is 13.1 Å². The second-order valence-electron chi connectivity index (χ2n) is 5.92. The summed E-state index contributed by atoms with van der Waals surface area (Å²) >= 11 is 0. The van der Waals surface area contributed by atoms with Crippen molar-refractivity contribution in [2.75, 3.05) is 14.2 Å². The van der Waals surface area contributed by atoms with Crippen molar-refractivity contribution in [2.24, 2.45) is 10.3 Å². The molecule has 25 heavy (non-hydrogen) atoms. The third kappa shape index (κ3) is 3.82. The minimum absolute atomic E-state index is 0.617. The van der Waals surface area contributed by atoms with Crippen LogP contribution in [0.15, 0.2) is 58.8 Å². The van der Waals surface area contributed by atoms with Crippen molar-refractivity contribution in [1.82, 2.24) is 0 Å². The molecule has 130 valence electrons.